The Kier molecular flexibility index (Phi) is 4.00. The SMILES string of the molecule is CC(C)NCc1cnn(-c2ccc(Cl)c(F)c2)c1C1CC1. The first-order valence-corrected chi connectivity index (χ1v) is 7.69. The summed E-state index contributed by atoms with van der Waals surface area (Å²) in [5, 5.41) is 8.02. The standard InChI is InChI=1S/C16H19ClFN3/c1-10(2)19-8-12-9-20-21(16(12)11-3-4-11)13-5-6-14(17)15(18)7-13/h5-7,9-11,19H,3-4,8H2,1-2H3. The van der Waals surface area contributed by atoms with Crippen molar-refractivity contribution in [2.24, 2.45) is 0 Å². The van der Waals surface area contributed by atoms with Crippen molar-refractivity contribution in [2.45, 2.75) is 45.2 Å². The molecule has 1 aliphatic rings. The lowest BCUT2D eigenvalue weighted by Crippen LogP contribution is -2.22. The summed E-state index contributed by atoms with van der Waals surface area (Å²) in [6.45, 7) is 5.03. The van der Waals surface area contributed by atoms with Gasteiger partial charge >= 0.3 is 0 Å². The topological polar surface area (TPSA) is 29.9 Å². The molecule has 5 heteroatoms. The van der Waals surface area contributed by atoms with Crippen molar-refractivity contribution in [3.05, 3.63) is 46.5 Å². The lowest BCUT2D eigenvalue weighted by Gasteiger charge is -2.11. The molecule has 1 N–H and O–H groups in total. The van der Waals surface area contributed by atoms with E-state index in [0.29, 0.717) is 12.0 Å². The maximum atomic E-state index is 13.7. The van der Waals surface area contributed by atoms with Crippen LogP contribution in [0.3, 0.4) is 0 Å². The molecule has 3 nitrogen and oxygen atoms in total. The highest BCUT2D eigenvalue weighted by atomic mass is 35.5. The van der Waals surface area contributed by atoms with E-state index in [0.717, 1.165) is 12.2 Å². The average Bonchev–Trinajstić information content (AvgIpc) is 3.19. The molecule has 3 rings (SSSR count). The molecule has 0 unspecified atom stereocenters. The first-order valence-electron chi connectivity index (χ1n) is 7.32. The summed E-state index contributed by atoms with van der Waals surface area (Å²) in [5.74, 6) is 0.128. The number of rotatable bonds is 5. The maximum absolute atomic E-state index is 13.7. The number of nitrogens with zero attached hydrogens (tertiary/aromatic N) is 2. The molecule has 112 valence electrons. The Hall–Kier alpha value is -1.39. The van der Waals surface area contributed by atoms with Gasteiger partial charge in [-0.3, -0.25) is 0 Å². The van der Waals surface area contributed by atoms with Gasteiger partial charge < -0.3 is 5.32 Å². The van der Waals surface area contributed by atoms with Crippen molar-refractivity contribution in [3.8, 4) is 5.69 Å². The number of aromatic nitrogens is 2. The highest BCUT2D eigenvalue weighted by Crippen LogP contribution is 2.42. The Morgan fingerprint density at radius 3 is 2.81 bits per heavy atom. The van der Waals surface area contributed by atoms with Crippen molar-refractivity contribution >= 4 is 11.6 Å². The van der Waals surface area contributed by atoms with Crippen LogP contribution in [0.25, 0.3) is 5.69 Å². The van der Waals surface area contributed by atoms with Crippen molar-refractivity contribution in [3.63, 3.8) is 0 Å². The summed E-state index contributed by atoms with van der Waals surface area (Å²) in [7, 11) is 0. The molecule has 1 aliphatic carbocycles. The fourth-order valence-corrected chi connectivity index (χ4v) is 2.57. The van der Waals surface area contributed by atoms with Gasteiger partial charge in [-0.05, 0) is 25.0 Å². The molecule has 1 aromatic heterocycles. The van der Waals surface area contributed by atoms with Gasteiger partial charge in [0.2, 0.25) is 0 Å². The number of halogens is 2. The van der Waals surface area contributed by atoms with Gasteiger partial charge in [0.25, 0.3) is 0 Å². The molecule has 21 heavy (non-hydrogen) atoms. The van der Waals surface area contributed by atoms with E-state index in [4.69, 9.17) is 11.6 Å². The Labute approximate surface area is 129 Å². The van der Waals surface area contributed by atoms with Crippen molar-refractivity contribution in [1.29, 1.82) is 0 Å². The van der Waals surface area contributed by atoms with Crippen molar-refractivity contribution in [2.75, 3.05) is 0 Å². The van der Waals surface area contributed by atoms with Crippen LogP contribution in [-0.2, 0) is 6.54 Å². The van der Waals surface area contributed by atoms with Gasteiger partial charge in [-0.1, -0.05) is 25.4 Å². The Bertz CT molecular complexity index is 647. The van der Waals surface area contributed by atoms with Gasteiger partial charge in [0, 0.05) is 30.1 Å². The van der Waals surface area contributed by atoms with Crippen LogP contribution in [-0.4, -0.2) is 15.8 Å². The van der Waals surface area contributed by atoms with Gasteiger partial charge in [-0.15, -0.1) is 0 Å². The summed E-state index contributed by atoms with van der Waals surface area (Å²) in [6.07, 6.45) is 4.24. The molecule has 0 atom stereocenters. The monoisotopic (exact) mass is 307 g/mol. The minimum atomic E-state index is -0.409. The molecule has 0 amide bonds. The molecule has 0 radical (unpaired) electrons. The summed E-state index contributed by atoms with van der Waals surface area (Å²) in [6, 6.07) is 5.26. The second-order valence-electron chi connectivity index (χ2n) is 5.88. The van der Waals surface area contributed by atoms with Crippen molar-refractivity contribution < 1.29 is 4.39 Å². The molecular formula is C16H19ClFN3. The molecule has 0 aliphatic heterocycles. The molecule has 1 saturated carbocycles. The van der Waals surface area contributed by atoms with E-state index >= 15 is 0 Å². The number of hydrogen-bond donors (Lipinski definition) is 1. The van der Waals surface area contributed by atoms with E-state index in [-0.39, 0.29) is 5.02 Å². The van der Waals surface area contributed by atoms with Gasteiger partial charge in [0.05, 0.1) is 22.6 Å². The summed E-state index contributed by atoms with van der Waals surface area (Å²) in [4.78, 5) is 0. The molecule has 0 saturated heterocycles. The van der Waals surface area contributed by atoms with Gasteiger partial charge in [-0.2, -0.15) is 5.10 Å². The first kappa shape index (κ1) is 14.5. The third-order valence-electron chi connectivity index (χ3n) is 3.70. The average molecular weight is 308 g/mol. The fourth-order valence-electron chi connectivity index (χ4n) is 2.46. The Morgan fingerprint density at radius 1 is 1.43 bits per heavy atom. The highest BCUT2D eigenvalue weighted by molar-refractivity contribution is 6.30. The number of benzene rings is 1. The van der Waals surface area contributed by atoms with Gasteiger partial charge in [0.15, 0.2) is 0 Å². The highest BCUT2D eigenvalue weighted by Gasteiger charge is 2.30. The molecule has 0 bridgehead atoms. The zero-order valence-electron chi connectivity index (χ0n) is 12.2. The van der Waals surface area contributed by atoms with Crippen LogP contribution in [0.5, 0.6) is 0 Å². The zero-order chi connectivity index (χ0) is 15.0. The number of nitrogens with one attached hydrogen (secondary N) is 1. The minimum Gasteiger partial charge on any atom is -0.310 e. The van der Waals surface area contributed by atoms with E-state index < -0.39 is 5.82 Å². The van der Waals surface area contributed by atoms with Gasteiger partial charge in [0.1, 0.15) is 5.82 Å². The van der Waals surface area contributed by atoms with E-state index in [1.165, 1.54) is 30.2 Å². The van der Waals surface area contributed by atoms with Gasteiger partial charge in [-0.25, -0.2) is 9.07 Å². The van der Waals surface area contributed by atoms with E-state index in [1.54, 1.807) is 6.07 Å². The molecule has 2 aromatic rings. The fraction of sp³-hybridized carbons (Fsp3) is 0.438. The van der Waals surface area contributed by atoms with Crippen LogP contribution in [0.2, 0.25) is 5.02 Å². The van der Waals surface area contributed by atoms with Crippen LogP contribution >= 0.6 is 11.6 Å². The van der Waals surface area contributed by atoms with Crippen LogP contribution in [0.4, 0.5) is 4.39 Å². The van der Waals surface area contributed by atoms with Crippen LogP contribution in [0, 0.1) is 5.82 Å². The zero-order valence-corrected chi connectivity index (χ0v) is 13.0. The second-order valence-corrected chi connectivity index (χ2v) is 6.28. The van der Waals surface area contributed by atoms with Crippen molar-refractivity contribution in [1.82, 2.24) is 15.1 Å². The molecular weight excluding hydrogens is 289 g/mol. The maximum Gasteiger partial charge on any atom is 0.143 e. The summed E-state index contributed by atoms with van der Waals surface area (Å²) >= 11 is 5.76. The van der Waals surface area contributed by atoms with Crippen LogP contribution in [0.15, 0.2) is 24.4 Å². The summed E-state index contributed by atoms with van der Waals surface area (Å²) < 4.78 is 15.5. The third kappa shape index (κ3) is 3.11. The Balaban J connectivity index is 1.96. The predicted molar refractivity (Wildman–Crippen MR) is 82.5 cm³/mol. The molecule has 0 spiro atoms. The minimum absolute atomic E-state index is 0.139. The Morgan fingerprint density at radius 2 is 2.19 bits per heavy atom. The van der Waals surface area contributed by atoms with E-state index in [9.17, 15) is 4.39 Å². The third-order valence-corrected chi connectivity index (χ3v) is 4.01. The largest absolute Gasteiger partial charge is 0.310 e. The summed E-state index contributed by atoms with van der Waals surface area (Å²) in [5.41, 5.74) is 3.13. The molecule has 1 aromatic carbocycles. The lowest BCUT2D eigenvalue weighted by molar-refractivity contribution is 0.585. The van der Waals surface area contributed by atoms with E-state index in [1.807, 2.05) is 16.9 Å². The first-order chi connectivity index (χ1) is 10.1. The number of hydrogen-bond acceptors (Lipinski definition) is 2. The normalized spacial score (nSPS) is 14.9. The van der Waals surface area contributed by atoms with E-state index in [2.05, 4.69) is 24.3 Å². The van der Waals surface area contributed by atoms with Crippen LogP contribution < -0.4 is 5.32 Å². The second kappa shape index (κ2) is 5.78. The predicted octanol–water partition coefficient (Wildman–Crippen LogP) is 4.04. The van der Waals surface area contributed by atoms with Crippen LogP contribution in [0.1, 0.15) is 43.9 Å². The molecule has 1 heterocycles. The smallest absolute Gasteiger partial charge is 0.143 e. The quantitative estimate of drug-likeness (QED) is 0.903. The molecule has 1 fully saturated rings. The lowest BCUT2D eigenvalue weighted by atomic mass is 10.1.